The SMILES string of the molecule is COC(=O)N1CC(CCC=O)C1. The lowest BCUT2D eigenvalue weighted by Gasteiger charge is -2.37. The van der Waals surface area contributed by atoms with Gasteiger partial charge in [-0.2, -0.15) is 0 Å². The number of rotatable bonds is 3. The van der Waals surface area contributed by atoms with Crippen LogP contribution in [0.2, 0.25) is 0 Å². The van der Waals surface area contributed by atoms with Crippen molar-refractivity contribution in [2.24, 2.45) is 5.92 Å². The summed E-state index contributed by atoms with van der Waals surface area (Å²) < 4.78 is 4.52. The molecule has 68 valence electrons. The number of nitrogens with zero attached hydrogens (tertiary/aromatic N) is 1. The van der Waals surface area contributed by atoms with Gasteiger partial charge in [-0.1, -0.05) is 0 Å². The molecule has 0 bridgehead atoms. The fourth-order valence-corrected chi connectivity index (χ4v) is 1.33. The lowest BCUT2D eigenvalue weighted by Crippen LogP contribution is -2.49. The first-order valence-electron chi connectivity index (χ1n) is 4.04. The van der Waals surface area contributed by atoms with Gasteiger partial charge in [0, 0.05) is 19.5 Å². The van der Waals surface area contributed by atoms with Crippen LogP contribution in [0.15, 0.2) is 0 Å². The van der Waals surface area contributed by atoms with Crippen LogP contribution in [0.5, 0.6) is 0 Å². The fraction of sp³-hybridized carbons (Fsp3) is 0.750. The molecule has 1 heterocycles. The second kappa shape index (κ2) is 4.09. The summed E-state index contributed by atoms with van der Waals surface area (Å²) in [6, 6.07) is 0. The van der Waals surface area contributed by atoms with Crippen molar-refractivity contribution in [1.29, 1.82) is 0 Å². The lowest BCUT2D eigenvalue weighted by atomic mass is 9.96. The summed E-state index contributed by atoms with van der Waals surface area (Å²) in [6.07, 6.45) is 2.13. The molecule has 12 heavy (non-hydrogen) atoms. The quantitative estimate of drug-likeness (QED) is 0.586. The molecule has 4 heteroatoms. The lowest BCUT2D eigenvalue weighted by molar-refractivity contribution is -0.108. The number of hydrogen-bond acceptors (Lipinski definition) is 3. The molecule has 0 aliphatic carbocycles. The summed E-state index contributed by atoms with van der Waals surface area (Å²) in [5.41, 5.74) is 0. The van der Waals surface area contributed by atoms with Crippen molar-refractivity contribution in [3.63, 3.8) is 0 Å². The molecule has 0 unspecified atom stereocenters. The number of aldehydes is 1. The smallest absolute Gasteiger partial charge is 0.409 e. The van der Waals surface area contributed by atoms with Gasteiger partial charge in [0.05, 0.1) is 7.11 Å². The van der Waals surface area contributed by atoms with Crippen LogP contribution in [0.3, 0.4) is 0 Å². The first-order valence-corrected chi connectivity index (χ1v) is 4.04. The molecular formula is C8H13NO3. The summed E-state index contributed by atoms with van der Waals surface area (Å²) in [4.78, 5) is 22.5. The maximum absolute atomic E-state index is 10.8. The summed E-state index contributed by atoms with van der Waals surface area (Å²) >= 11 is 0. The number of hydrogen-bond donors (Lipinski definition) is 0. The third-order valence-electron chi connectivity index (χ3n) is 2.08. The summed E-state index contributed by atoms with van der Waals surface area (Å²) in [5.74, 6) is 0.495. The Morgan fingerprint density at radius 1 is 1.67 bits per heavy atom. The second-order valence-corrected chi connectivity index (χ2v) is 2.99. The maximum atomic E-state index is 10.8. The number of amides is 1. The van der Waals surface area contributed by atoms with E-state index in [1.54, 1.807) is 4.90 Å². The van der Waals surface area contributed by atoms with Crippen molar-refractivity contribution in [3.05, 3.63) is 0 Å². The Kier molecular flexibility index (Phi) is 3.08. The molecule has 0 spiro atoms. The Morgan fingerprint density at radius 3 is 2.83 bits per heavy atom. The third kappa shape index (κ3) is 1.96. The molecule has 1 aliphatic rings. The maximum Gasteiger partial charge on any atom is 0.409 e. The number of carbonyl (C=O) groups excluding carboxylic acids is 2. The summed E-state index contributed by atoms with van der Waals surface area (Å²) in [5, 5.41) is 0. The van der Waals surface area contributed by atoms with Gasteiger partial charge in [-0.15, -0.1) is 0 Å². The van der Waals surface area contributed by atoms with Crippen molar-refractivity contribution in [2.45, 2.75) is 12.8 Å². The van der Waals surface area contributed by atoms with Crippen LogP contribution >= 0.6 is 0 Å². The van der Waals surface area contributed by atoms with Gasteiger partial charge in [0.1, 0.15) is 6.29 Å². The van der Waals surface area contributed by atoms with Crippen LogP contribution in [0.25, 0.3) is 0 Å². The first-order chi connectivity index (χ1) is 5.77. The van der Waals surface area contributed by atoms with Crippen LogP contribution in [0.1, 0.15) is 12.8 Å². The Balaban J connectivity index is 2.11. The second-order valence-electron chi connectivity index (χ2n) is 2.99. The number of ether oxygens (including phenoxy) is 1. The topological polar surface area (TPSA) is 46.6 Å². The molecule has 0 N–H and O–H groups in total. The minimum Gasteiger partial charge on any atom is -0.453 e. The number of methoxy groups -OCH3 is 1. The predicted octanol–water partition coefficient (Wildman–Crippen LogP) is 0.664. The zero-order valence-electron chi connectivity index (χ0n) is 7.16. The van der Waals surface area contributed by atoms with Crippen molar-refractivity contribution >= 4 is 12.4 Å². The molecule has 1 fully saturated rings. The van der Waals surface area contributed by atoms with E-state index in [2.05, 4.69) is 4.74 Å². The average Bonchev–Trinajstić information content (AvgIpc) is 2.01. The molecule has 0 aromatic carbocycles. The third-order valence-corrected chi connectivity index (χ3v) is 2.08. The fourth-order valence-electron chi connectivity index (χ4n) is 1.33. The largest absolute Gasteiger partial charge is 0.453 e. The van der Waals surface area contributed by atoms with E-state index in [0.29, 0.717) is 12.3 Å². The minimum absolute atomic E-state index is 0.266. The molecule has 1 aliphatic heterocycles. The number of likely N-dealkylation sites (tertiary alicyclic amines) is 1. The van der Waals surface area contributed by atoms with Crippen molar-refractivity contribution in [3.8, 4) is 0 Å². The van der Waals surface area contributed by atoms with Crippen molar-refractivity contribution in [2.75, 3.05) is 20.2 Å². The van der Waals surface area contributed by atoms with Gasteiger partial charge < -0.3 is 14.4 Å². The van der Waals surface area contributed by atoms with Crippen LogP contribution < -0.4 is 0 Å². The molecule has 0 saturated carbocycles. The van der Waals surface area contributed by atoms with Gasteiger partial charge in [0.25, 0.3) is 0 Å². The predicted molar refractivity (Wildman–Crippen MR) is 42.8 cm³/mol. The van der Waals surface area contributed by atoms with E-state index >= 15 is 0 Å². The molecule has 0 radical (unpaired) electrons. The van der Waals surface area contributed by atoms with Crippen molar-refractivity contribution in [1.82, 2.24) is 4.90 Å². The Hall–Kier alpha value is -1.06. The highest BCUT2D eigenvalue weighted by Crippen LogP contribution is 2.20. The van der Waals surface area contributed by atoms with Crippen LogP contribution in [0.4, 0.5) is 4.79 Å². The van der Waals surface area contributed by atoms with Gasteiger partial charge in [0.15, 0.2) is 0 Å². The zero-order chi connectivity index (χ0) is 8.97. The summed E-state index contributed by atoms with van der Waals surface area (Å²) in [7, 11) is 1.38. The zero-order valence-corrected chi connectivity index (χ0v) is 7.16. The van der Waals surface area contributed by atoms with Crippen LogP contribution in [0, 0.1) is 5.92 Å². The number of carbonyl (C=O) groups is 2. The standard InChI is InChI=1S/C8H13NO3/c1-12-8(11)9-5-7(6-9)3-2-4-10/h4,7H,2-3,5-6H2,1H3. The van der Waals surface area contributed by atoms with Gasteiger partial charge >= 0.3 is 6.09 Å². The van der Waals surface area contributed by atoms with E-state index in [0.717, 1.165) is 25.8 Å². The van der Waals surface area contributed by atoms with E-state index in [-0.39, 0.29) is 6.09 Å². The molecule has 1 saturated heterocycles. The van der Waals surface area contributed by atoms with Gasteiger partial charge in [0.2, 0.25) is 0 Å². The first kappa shape index (κ1) is 9.03. The summed E-state index contributed by atoms with van der Waals surface area (Å²) in [6.45, 7) is 1.47. The average molecular weight is 171 g/mol. The van der Waals surface area contributed by atoms with Gasteiger partial charge in [-0.05, 0) is 12.3 Å². The van der Waals surface area contributed by atoms with Crippen LogP contribution in [-0.4, -0.2) is 37.5 Å². The van der Waals surface area contributed by atoms with Crippen molar-refractivity contribution < 1.29 is 14.3 Å². The monoisotopic (exact) mass is 171 g/mol. The van der Waals surface area contributed by atoms with E-state index in [4.69, 9.17) is 0 Å². The molecule has 1 amide bonds. The van der Waals surface area contributed by atoms with Crippen LogP contribution in [-0.2, 0) is 9.53 Å². The molecule has 0 atom stereocenters. The Labute approximate surface area is 71.5 Å². The van der Waals surface area contributed by atoms with E-state index in [1.807, 2.05) is 0 Å². The minimum atomic E-state index is -0.266. The Morgan fingerprint density at radius 2 is 2.33 bits per heavy atom. The highest BCUT2D eigenvalue weighted by Gasteiger charge is 2.30. The highest BCUT2D eigenvalue weighted by atomic mass is 16.5. The molecule has 4 nitrogen and oxygen atoms in total. The van der Waals surface area contributed by atoms with E-state index in [1.165, 1.54) is 7.11 Å². The van der Waals surface area contributed by atoms with Gasteiger partial charge in [-0.25, -0.2) is 4.79 Å². The van der Waals surface area contributed by atoms with E-state index < -0.39 is 0 Å². The molecule has 1 rings (SSSR count). The van der Waals surface area contributed by atoms with Gasteiger partial charge in [-0.3, -0.25) is 0 Å². The Bertz CT molecular complexity index is 175. The molecule has 0 aromatic heterocycles. The highest BCUT2D eigenvalue weighted by molar-refractivity contribution is 5.68. The molecule has 0 aromatic rings. The van der Waals surface area contributed by atoms with E-state index in [9.17, 15) is 9.59 Å². The normalized spacial score (nSPS) is 16.9. The molecular weight excluding hydrogens is 158 g/mol.